The minimum Gasteiger partial charge on any atom is -0.507 e. The fourth-order valence-electron chi connectivity index (χ4n) is 3.61. The lowest BCUT2D eigenvalue weighted by Crippen LogP contribution is -2.24. The normalized spacial score (nSPS) is 10.6. The summed E-state index contributed by atoms with van der Waals surface area (Å²) in [5, 5.41) is 12.5. The van der Waals surface area contributed by atoms with E-state index in [4.69, 9.17) is 4.74 Å². The van der Waals surface area contributed by atoms with Crippen molar-refractivity contribution >= 4 is 23.8 Å². The molecule has 0 saturated heterocycles. The molecular formula is C26H36N2O4. The van der Waals surface area contributed by atoms with E-state index in [0.29, 0.717) is 17.5 Å². The number of aromatic hydroxyl groups is 1. The van der Waals surface area contributed by atoms with E-state index < -0.39 is 6.09 Å². The Morgan fingerprint density at radius 1 is 1.06 bits per heavy atom. The monoisotopic (exact) mass is 440 g/mol. The second-order valence-corrected chi connectivity index (χ2v) is 8.06. The number of ether oxygens (including phenoxy) is 1. The van der Waals surface area contributed by atoms with Gasteiger partial charge in [0.15, 0.2) is 6.29 Å². The van der Waals surface area contributed by atoms with Crippen molar-refractivity contribution in [2.45, 2.75) is 65.9 Å². The number of unbranched alkanes of at least 4 members (excludes halogenated alkanes) is 5. The number of anilines is 2. The summed E-state index contributed by atoms with van der Waals surface area (Å²) in [4.78, 5) is 25.3. The van der Waals surface area contributed by atoms with Gasteiger partial charge in [0, 0.05) is 24.5 Å². The number of nitrogens with one attached hydrogen (secondary N) is 1. The number of rotatable bonds is 13. The Kier molecular flexibility index (Phi) is 10.6. The van der Waals surface area contributed by atoms with Crippen molar-refractivity contribution in [3.05, 3.63) is 53.1 Å². The molecule has 0 saturated carbocycles. The van der Waals surface area contributed by atoms with E-state index in [1.54, 1.807) is 6.07 Å². The molecule has 0 fully saturated rings. The highest BCUT2D eigenvalue weighted by molar-refractivity contribution is 5.86. The average Bonchev–Trinajstić information content (AvgIpc) is 2.79. The first-order chi connectivity index (χ1) is 15.5. The van der Waals surface area contributed by atoms with E-state index in [9.17, 15) is 14.7 Å². The molecule has 0 aliphatic heterocycles. The van der Waals surface area contributed by atoms with Crippen LogP contribution in [0, 0.1) is 6.92 Å². The topological polar surface area (TPSA) is 78.9 Å². The predicted octanol–water partition coefficient (Wildman–Crippen LogP) is 6.45. The minimum atomic E-state index is -0.570. The van der Waals surface area contributed by atoms with Crippen LogP contribution in [0.25, 0.3) is 0 Å². The highest BCUT2D eigenvalue weighted by atomic mass is 16.5. The van der Waals surface area contributed by atoms with E-state index >= 15 is 0 Å². The van der Waals surface area contributed by atoms with E-state index in [2.05, 4.69) is 30.1 Å². The molecule has 0 aliphatic carbocycles. The maximum Gasteiger partial charge on any atom is 0.411 e. The van der Waals surface area contributed by atoms with E-state index in [0.717, 1.165) is 24.3 Å². The van der Waals surface area contributed by atoms with Crippen LogP contribution in [0.15, 0.2) is 36.4 Å². The van der Waals surface area contributed by atoms with Gasteiger partial charge in [0.2, 0.25) is 0 Å². The highest BCUT2D eigenvalue weighted by Crippen LogP contribution is 2.24. The Morgan fingerprint density at radius 2 is 1.81 bits per heavy atom. The molecule has 0 heterocycles. The Bertz CT molecular complexity index is 882. The Labute approximate surface area is 191 Å². The lowest BCUT2D eigenvalue weighted by molar-refractivity contribution is 0.112. The third-order valence-electron chi connectivity index (χ3n) is 5.57. The summed E-state index contributed by atoms with van der Waals surface area (Å²) in [5.74, 6) is -0.130. The van der Waals surface area contributed by atoms with Crippen molar-refractivity contribution in [3.8, 4) is 5.75 Å². The third kappa shape index (κ3) is 7.91. The minimum absolute atomic E-state index is 0.00245. The van der Waals surface area contributed by atoms with Crippen molar-refractivity contribution in [2.24, 2.45) is 0 Å². The molecule has 2 rings (SSSR count). The zero-order valence-corrected chi connectivity index (χ0v) is 19.5. The number of nitrogens with zero attached hydrogens (tertiary/aromatic N) is 1. The molecule has 0 aromatic heterocycles. The van der Waals surface area contributed by atoms with Gasteiger partial charge in [-0.05, 0) is 61.7 Å². The quantitative estimate of drug-likeness (QED) is 0.276. The van der Waals surface area contributed by atoms with Crippen LogP contribution in [0.2, 0.25) is 0 Å². The number of carbonyl (C=O) groups excluding carboxylic acids is 2. The van der Waals surface area contributed by atoms with E-state index in [1.165, 1.54) is 50.7 Å². The van der Waals surface area contributed by atoms with Crippen molar-refractivity contribution in [1.29, 1.82) is 0 Å². The van der Waals surface area contributed by atoms with Crippen LogP contribution < -0.4 is 10.2 Å². The summed E-state index contributed by atoms with van der Waals surface area (Å²) in [6.07, 6.45) is 7.67. The van der Waals surface area contributed by atoms with Gasteiger partial charge in [-0.3, -0.25) is 10.1 Å². The maximum atomic E-state index is 12.2. The number of phenols is 1. The van der Waals surface area contributed by atoms with Gasteiger partial charge in [-0.15, -0.1) is 0 Å². The van der Waals surface area contributed by atoms with Crippen LogP contribution in [0.1, 0.15) is 73.9 Å². The average molecular weight is 441 g/mol. The van der Waals surface area contributed by atoms with Crippen LogP contribution in [-0.4, -0.2) is 30.6 Å². The first-order valence-corrected chi connectivity index (χ1v) is 11.5. The highest BCUT2D eigenvalue weighted by Gasteiger charge is 2.10. The number of phenolic OH excluding ortho intramolecular Hbond substituents is 1. The van der Waals surface area contributed by atoms with Crippen LogP contribution in [0.5, 0.6) is 5.75 Å². The molecule has 0 atom stereocenters. The molecular weight excluding hydrogens is 404 g/mol. The van der Waals surface area contributed by atoms with Gasteiger partial charge in [-0.1, -0.05) is 45.1 Å². The molecule has 0 radical (unpaired) electrons. The fourth-order valence-corrected chi connectivity index (χ4v) is 3.61. The van der Waals surface area contributed by atoms with Gasteiger partial charge in [0.05, 0.1) is 5.56 Å². The number of aryl methyl sites for hydroxylation is 1. The SMILES string of the molecule is CCCCCCCCN(CC)c1ccc(NC(=O)OCc2ccc(C=O)c(O)c2)c(C)c1. The Morgan fingerprint density at radius 3 is 2.47 bits per heavy atom. The van der Waals surface area contributed by atoms with Gasteiger partial charge in [-0.2, -0.15) is 0 Å². The summed E-state index contributed by atoms with van der Waals surface area (Å²) in [6.45, 7) is 8.34. The molecule has 0 bridgehead atoms. The molecule has 0 spiro atoms. The molecule has 6 heteroatoms. The summed E-state index contributed by atoms with van der Waals surface area (Å²) >= 11 is 0. The van der Waals surface area contributed by atoms with Gasteiger partial charge in [0.25, 0.3) is 0 Å². The molecule has 2 N–H and O–H groups in total. The first-order valence-electron chi connectivity index (χ1n) is 11.5. The van der Waals surface area contributed by atoms with Crippen LogP contribution >= 0.6 is 0 Å². The van der Waals surface area contributed by atoms with Crippen LogP contribution in [-0.2, 0) is 11.3 Å². The number of hydrogen-bond donors (Lipinski definition) is 2. The van der Waals surface area contributed by atoms with E-state index in [-0.39, 0.29) is 17.9 Å². The fraction of sp³-hybridized carbons (Fsp3) is 0.462. The van der Waals surface area contributed by atoms with Crippen LogP contribution in [0.4, 0.5) is 16.2 Å². The summed E-state index contributed by atoms with van der Waals surface area (Å²) < 4.78 is 5.25. The molecule has 2 aromatic carbocycles. The number of aldehydes is 1. The molecule has 32 heavy (non-hydrogen) atoms. The van der Waals surface area contributed by atoms with E-state index in [1.807, 2.05) is 19.1 Å². The molecule has 6 nitrogen and oxygen atoms in total. The summed E-state index contributed by atoms with van der Waals surface area (Å²) in [5.41, 5.74) is 3.63. The van der Waals surface area contributed by atoms with Crippen molar-refractivity contribution in [3.63, 3.8) is 0 Å². The van der Waals surface area contributed by atoms with Crippen molar-refractivity contribution < 1.29 is 19.4 Å². The standard InChI is InChI=1S/C26H36N2O4/c1-4-6-7-8-9-10-15-28(5-2)23-13-14-24(20(3)16-23)27-26(31)32-19-21-11-12-22(18-29)25(30)17-21/h11-14,16-18,30H,4-10,15,19H2,1-3H3,(H,27,31). The largest absolute Gasteiger partial charge is 0.507 e. The second kappa shape index (κ2) is 13.4. The molecule has 2 aromatic rings. The third-order valence-corrected chi connectivity index (χ3v) is 5.57. The lowest BCUT2D eigenvalue weighted by Gasteiger charge is -2.24. The van der Waals surface area contributed by atoms with Crippen molar-refractivity contribution in [1.82, 2.24) is 0 Å². The molecule has 1 amide bonds. The molecule has 0 aliphatic rings. The van der Waals surface area contributed by atoms with Crippen molar-refractivity contribution in [2.75, 3.05) is 23.3 Å². The Balaban J connectivity index is 1.86. The zero-order valence-electron chi connectivity index (χ0n) is 19.5. The second-order valence-electron chi connectivity index (χ2n) is 8.06. The molecule has 174 valence electrons. The van der Waals surface area contributed by atoms with Gasteiger partial charge in [-0.25, -0.2) is 4.79 Å². The number of benzene rings is 2. The lowest BCUT2D eigenvalue weighted by atomic mass is 10.1. The maximum absolute atomic E-state index is 12.2. The van der Waals surface area contributed by atoms with Crippen LogP contribution in [0.3, 0.4) is 0 Å². The number of carbonyl (C=O) groups is 2. The summed E-state index contributed by atoms with van der Waals surface area (Å²) in [6, 6.07) is 10.6. The Hall–Kier alpha value is -3.02. The first kappa shape index (κ1) is 25.2. The number of amides is 1. The predicted molar refractivity (Wildman–Crippen MR) is 130 cm³/mol. The summed E-state index contributed by atoms with van der Waals surface area (Å²) in [7, 11) is 0. The van der Waals surface area contributed by atoms with Gasteiger partial charge < -0.3 is 14.7 Å². The van der Waals surface area contributed by atoms with Gasteiger partial charge in [0.1, 0.15) is 12.4 Å². The smallest absolute Gasteiger partial charge is 0.411 e. The molecule has 0 unspecified atom stereocenters. The number of hydrogen-bond acceptors (Lipinski definition) is 5. The van der Waals surface area contributed by atoms with Gasteiger partial charge >= 0.3 is 6.09 Å². The zero-order chi connectivity index (χ0) is 23.3.